The molecule has 0 saturated heterocycles. The molecule has 0 radical (unpaired) electrons. The maximum Gasteiger partial charge on any atom is 0.338 e. The van der Waals surface area contributed by atoms with Gasteiger partial charge in [-0.2, -0.15) is 4.98 Å². The molecule has 1 N–H and O–H groups in total. The SMILES string of the molecule is CCOC(=O)C1=C(C)Nc2nc(SCC)nn2[C@@H]1c1ccc(OCC)cc1. The maximum atomic E-state index is 12.7. The van der Waals surface area contributed by atoms with Crippen LogP contribution in [-0.2, 0) is 9.53 Å². The molecule has 0 saturated carbocycles. The van der Waals surface area contributed by atoms with E-state index in [1.165, 1.54) is 0 Å². The van der Waals surface area contributed by atoms with Gasteiger partial charge < -0.3 is 14.8 Å². The van der Waals surface area contributed by atoms with Crippen molar-refractivity contribution in [1.29, 1.82) is 0 Å². The molecule has 0 aliphatic carbocycles. The topological polar surface area (TPSA) is 78.3 Å². The first-order valence-electron chi connectivity index (χ1n) is 9.06. The predicted octanol–water partition coefficient (Wildman–Crippen LogP) is 3.64. The molecular weight excluding hydrogens is 364 g/mol. The van der Waals surface area contributed by atoms with Gasteiger partial charge in [0.05, 0.1) is 18.8 Å². The van der Waals surface area contributed by atoms with E-state index in [-0.39, 0.29) is 5.97 Å². The summed E-state index contributed by atoms with van der Waals surface area (Å²) in [6, 6.07) is 7.29. The number of esters is 1. The summed E-state index contributed by atoms with van der Waals surface area (Å²) in [5.41, 5.74) is 2.17. The molecule has 2 aromatic rings. The van der Waals surface area contributed by atoms with E-state index in [2.05, 4.69) is 22.3 Å². The summed E-state index contributed by atoms with van der Waals surface area (Å²) in [5.74, 6) is 1.92. The normalized spacial score (nSPS) is 15.9. The number of aromatic nitrogens is 3. The number of nitrogens with zero attached hydrogens (tertiary/aromatic N) is 3. The average Bonchev–Trinajstić information content (AvgIpc) is 3.04. The second-order valence-corrected chi connectivity index (χ2v) is 7.12. The molecule has 3 rings (SSSR count). The third-order valence-corrected chi connectivity index (χ3v) is 4.83. The van der Waals surface area contributed by atoms with E-state index < -0.39 is 6.04 Å². The summed E-state index contributed by atoms with van der Waals surface area (Å²) in [6.07, 6.45) is 0. The maximum absolute atomic E-state index is 12.7. The Bertz CT molecular complexity index is 845. The minimum Gasteiger partial charge on any atom is -0.494 e. The van der Waals surface area contributed by atoms with Gasteiger partial charge >= 0.3 is 5.97 Å². The van der Waals surface area contributed by atoms with Crippen molar-refractivity contribution >= 4 is 23.7 Å². The highest BCUT2D eigenvalue weighted by atomic mass is 32.2. The van der Waals surface area contributed by atoms with E-state index >= 15 is 0 Å². The Balaban J connectivity index is 2.07. The first-order chi connectivity index (χ1) is 13.1. The predicted molar refractivity (Wildman–Crippen MR) is 105 cm³/mol. The minimum absolute atomic E-state index is 0.312. The highest BCUT2D eigenvalue weighted by molar-refractivity contribution is 7.99. The molecule has 0 fully saturated rings. The largest absolute Gasteiger partial charge is 0.494 e. The summed E-state index contributed by atoms with van der Waals surface area (Å²) in [6.45, 7) is 8.57. The van der Waals surface area contributed by atoms with Crippen LogP contribution in [-0.4, -0.2) is 39.7 Å². The van der Waals surface area contributed by atoms with Crippen LogP contribution in [0, 0.1) is 0 Å². The number of benzene rings is 1. The van der Waals surface area contributed by atoms with E-state index in [1.807, 2.05) is 38.1 Å². The van der Waals surface area contributed by atoms with Gasteiger partial charge in [0, 0.05) is 5.70 Å². The lowest BCUT2D eigenvalue weighted by Gasteiger charge is -2.28. The Labute approximate surface area is 163 Å². The highest BCUT2D eigenvalue weighted by Crippen LogP contribution is 2.37. The molecule has 8 heteroatoms. The second kappa shape index (κ2) is 8.47. The monoisotopic (exact) mass is 388 g/mol. The molecule has 1 aliphatic rings. The molecule has 1 aliphatic heterocycles. The second-order valence-electron chi connectivity index (χ2n) is 5.88. The number of nitrogens with one attached hydrogen (secondary N) is 1. The average molecular weight is 388 g/mol. The van der Waals surface area contributed by atoms with Crippen molar-refractivity contribution in [3.05, 3.63) is 41.1 Å². The van der Waals surface area contributed by atoms with Crippen LogP contribution in [0.5, 0.6) is 5.75 Å². The molecule has 0 unspecified atom stereocenters. The zero-order chi connectivity index (χ0) is 19.4. The fourth-order valence-corrected chi connectivity index (χ4v) is 3.57. The Hall–Kier alpha value is -2.48. The van der Waals surface area contributed by atoms with Crippen LogP contribution in [0.2, 0.25) is 0 Å². The quantitative estimate of drug-likeness (QED) is 0.573. The van der Waals surface area contributed by atoms with Gasteiger partial charge in [-0.25, -0.2) is 9.48 Å². The molecular formula is C19H24N4O3S. The summed E-state index contributed by atoms with van der Waals surface area (Å²) >= 11 is 1.56. The Kier molecular flexibility index (Phi) is 6.05. The van der Waals surface area contributed by atoms with Crippen molar-refractivity contribution in [2.24, 2.45) is 0 Å². The van der Waals surface area contributed by atoms with Crippen LogP contribution >= 0.6 is 11.8 Å². The van der Waals surface area contributed by atoms with Crippen molar-refractivity contribution in [2.45, 2.75) is 38.9 Å². The minimum atomic E-state index is -0.408. The molecule has 0 bridgehead atoms. The van der Waals surface area contributed by atoms with Gasteiger partial charge in [0.15, 0.2) is 0 Å². The molecule has 1 aromatic heterocycles. The fraction of sp³-hybridized carbons (Fsp3) is 0.421. The smallest absolute Gasteiger partial charge is 0.338 e. The lowest BCUT2D eigenvalue weighted by atomic mass is 9.96. The van der Waals surface area contributed by atoms with Crippen molar-refractivity contribution in [2.75, 3.05) is 24.3 Å². The molecule has 1 atom stereocenters. The summed E-state index contributed by atoms with van der Waals surface area (Å²) in [7, 11) is 0. The van der Waals surface area contributed by atoms with Crippen molar-refractivity contribution in [3.63, 3.8) is 0 Å². The van der Waals surface area contributed by atoms with Crippen LogP contribution in [0.15, 0.2) is 40.7 Å². The number of thioether (sulfide) groups is 1. The van der Waals surface area contributed by atoms with Crippen molar-refractivity contribution in [3.8, 4) is 5.75 Å². The van der Waals surface area contributed by atoms with Crippen LogP contribution in [0.4, 0.5) is 5.95 Å². The third kappa shape index (κ3) is 3.95. The van der Waals surface area contributed by atoms with E-state index in [1.54, 1.807) is 23.4 Å². The van der Waals surface area contributed by atoms with Gasteiger partial charge in [-0.15, -0.1) is 5.10 Å². The van der Waals surface area contributed by atoms with Crippen LogP contribution in [0.25, 0.3) is 0 Å². The number of anilines is 1. The number of hydrogen-bond acceptors (Lipinski definition) is 7. The van der Waals surface area contributed by atoms with Gasteiger partial charge in [-0.05, 0) is 44.2 Å². The molecule has 27 heavy (non-hydrogen) atoms. The molecule has 0 spiro atoms. The molecule has 144 valence electrons. The Morgan fingerprint density at radius 2 is 1.96 bits per heavy atom. The van der Waals surface area contributed by atoms with Crippen LogP contribution in [0.3, 0.4) is 0 Å². The number of allylic oxidation sites excluding steroid dienone is 1. The Morgan fingerprint density at radius 3 is 2.59 bits per heavy atom. The van der Waals surface area contributed by atoms with Crippen LogP contribution in [0.1, 0.15) is 39.3 Å². The van der Waals surface area contributed by atoms with E-state index in [4.69, 9.17) is 9.47 Å². The van der Waals surface area contributed by atoms with Gasteiger partial charge in [0.2, 0.25) is 11.1 Å². The summed E-state index contributed by atoms with van der Waals surface area (Å²) < 4.78 is 12.6. The Morgan fingerprint density at radius 1 is 1.22 bits per heavy atom. The third-order valence-electron chi connectivity index (χ3n) is 4.11. The molecule has 2 heterocycles. The highest BCUT2D eigenvalue weighted by Gasteiger charge is 2.35. The van der Waals surface area contributed by atoms with Crippen LogP contribution < -0.4 is 10.1 Å². The standard InChI is InChI=1S/C19H24N4O3S/c1-5-25-14-10-8-13(9-11-14)16-15(17(24)26-6-2)12(4)20-18-21-19(27-7-3)22-23(16)18/h8-11,16H,5-7H2,1-4H3,(H,20,21,22)/t16-/m1/s1. The first kappa shape index (κ1) is 19.3. The van der Waals surface area contributed by atoms with Crippen molar-refractivity contribution < 1.29 is 14.3 Å². The van der Waals surface area contributed by atoms with Crippen molar-refractivity contribution in [1.82, 2.24) is 14.8 Å². The molecule has 0 amide bonds. The van der Waals surface area contributed by atoms with Gasteiger partial charge in [-0.3, -0.25) is 0 Å². The fourth-order valence-electron chi connectivity index (χ4n) is 3.02. The number of fused-ring (bicyclic) bond motifs is 1. The number of hydrogen-bond donors (Lipinski definition) is 1. The first-order valence-corrected chi connectivity index (χ1v) is 10.0. The van der Waals surface area contributed by atoms with E-state index in [0.717, 1.165) is 22.8 Å². The van der Waals surface area contributed by atoms with Gasteiger partial charge in [-0.1, -0.05) is 30.8 Å². The lowest BCUT2D eigenvalue weighted by Crippen LogP contribution is -2.29. The molecule has 7 nitrogen and oxygen atoms in total. The number of carbonyl (C=O) groups is 1. The summed E-state index contributed by atoms with van der Waals surface area (Å²) in [5, 5.41) is 8.48. The zero-order valence-electron chi connectivity index (χ0n) is 16.0. The number of ether oxygens (including phenoxy) is 2. The molecule has 1 aromatic carbocycles. The van der Waals surface area contributed by atoms with E-state index in [9.17, 15) is 4.79 Å². The lowest BCUT2D eigenvalue weighted by molar-refractivity contribution is -0.139. The van der Waals surface area contributed by atoms with Gasteiger partial charge in [0.25, 0.3) is 0 Å². The van der Waals surface area contributed by atoms with Gasteiger partial charge in [0.1, 0.15) is 11.8 Å². The van der Waals surface area contributed by atoms with E-state index in [0.29, 0.717) is 29.9 Å². The summed E-state index contributed by atoms with van der Waals surface area (Å²) in [4.78, 5) is 17.2. The zero-order valence-corrected chi connectivity index (χ0v) is 16.8. The number of carbonyl (C=O) groups excluding carboxylic acids is 1. The number of rotatable bonds is 7.